The molecule has 13 rings (SSSR count). The van der Waals surface area contributed by atoms with Gasteiger partial charge in [0.05, 0.1) is 16.7 Å². The number of nitrogens with zero attached hydrogens (tertiary/aromatic N) is 2. The molecule has 0 spiro atoms. The number of benzene rings is 11. The van der Waals surface area contributed by atoms with Gasteiger partial charge in [-0.05, 0) is 111 Å². The molecule has 2 aromatic heterocycles. The molecule has 0 bridgehead atoms. The normalized spacial score (nSPS) is 11.7. The molecule has 2 heterocycles. The number of anilines is 3. The molecule has 0 N–H and O–H groups in total. The summed E-state index contributed by atoms with van der Waals surface area (Å²) in [7, 11) is 0. The fourth-order valence-electron chi connectivity index (χ4n) is 10.2. The van der Waals surface area contributed by atoms with Gasteiger partial charge in [0.1, 0.15) is 11.2 Å². The van der Waals surface area contributed by atoms with Crippen LogP contribution in [0.1, 0.15) is 0 Å². The quantitative estimate of drug-likeness (QED) is 0.149. The fourth-order valence-corrected chi connectivity index (χ4v) is 10.2. The zero-order valence-electron chi connectivity index (χ0n) is 35.4. The molecule has 3 nitrogen and oxygen atoms in total. The summed E-state index contributed by atoms with van der Waals surface area (Å²) in [5.41, 5.74) is 15.3. The van der Waals surface area contributed by atoms with Crippen LogP contribution in [0, 0.1) is 0 Å². The summed E-state index contributed by atoms with van der Waals surface area (Å²) in [6.07, 6.45) is 0. The summed E-state index contributed by atoms with van der Waals surface area (Å²) in [5, 5.41) is 9.76. The maximum Gasteiger partial charge on any atom is 0.143 e. The van der Waals surface area contributed by atoms with Crippen molar-refractivity contribution in [3.05, 3.63) is 243 Å². The summed E-state index contributed by atoms with van der Waals surface area (Å²) in [4.78, 5) is 2.39. The highest BCUT2D eigenvalue weighted by Crippen LogP contribution is 2.44. The first-order valence-electron chi connectivity index (χ1n) is 22.2. The lowest BCUT2D eigenvalue weighted by molar-refractivity contribution is 0.670. The van der Waals surface area contributed by atoms with E-state index in [-0.39, 0.29) is 0 Å². The Morgan fingerprint density at radius 3 is 1.58 bits per heavy atom. The van der Waals surface area contributed by atoms with Gasteiger partial charge in [-0.3, -0.25) is 0 Å². The van der Waals surface area contributed by atoms with Crippen LogP contribution in [0.4, 0.5) is 17.1 Å². The van der Waals surface area contributed by atoms with Crippen molar-refractivity contribution in [2.45, 2.75) is 0 Å². The third kappa shape index (κ3) is 6.05. The molecule has 0 aliphatic carbocycles. The average Bonchev–Trinajstić information content (AvgIpc) is 3.93. The van der Waals surface area contributed by atoms with E-state index in [9.17, 15) is 0 Å². The standard InChI is InChI=1S/C62H40N2O/c1-2-21-48-44(16-1)40-57(52-24-4-3-23-51(48)52)41-34-36-45(37-35-41)63(47-20-14-18-43(39-47)50-28-15-29-56-55-27-8-12-33-61(55)65-62(50)56)46-19-13-17-42(38-46)49-22-5-9-30-58(49)64-59-31-10-6-25-53(59)54-26-7-11-32-60(54)64/h1-40H. The van der Waals surface area contributed by atoms with Gasteiger partial charge in [0, 0.05) is 49.7 Å². The monoisotopic (exact) mass is 828 g/mol. The lowest BCUT2D eigenvalue weighted by atomic mass is 9.93. The number of hydrogen-bond donors (Lipinski definition) is 0. The van der Waals surface area contributed by atoms with Crippen molar-refractivity contribution >= 4 is 82.4 Å². The highest BCUT2D eigenvalue weighted by Gasteiger charge is 2.20. The Kier molecular flexibility index (Phi) is 8.53. The third-order valence-corrected chi connectivity index (χ3v) is 13.2. The molecule has 0 fully saturated rings. The van der Waals surface area contributed by atoms with Crippen LogP contribution in [0.15, 0.2) is 247 Å². The zero-order valence-corrected chi connectivity index (χ0v) is 35.4. The average molecular weight is 829 g/mol. The Balaban J connectivity index is 0.983. The molecule has 0 radical (unpaired) electrons. The highest BCUT2D eigenvalue weighted by atomic mass is 16.3. The Labute approximate surface area is 376 Å². The van der Waals surface area contributed by atoms with Crippen LogP contribution in [0.3, 0.4) is 0 Å². The number of rotatable bonds is 7. The second-order valence-corrected chi connectivity index (χ2v) is 16.8. The molecular formula is C62H40N2O. The van der Waals surface area contributed by atoms with E-state index in [0.717, 1.165) is 66.9 Å². The van der Waals surface area contributed by atoms with Crippen molar-refractivity contribution in [3.63, 3.8) is 0 Å². The van der Waals surface area contributed by atoms with Gasteiger partial charge in [0.2, 0.25) is 0 Å². The molecule has 13 aromatic rings. The van der Waals surface area contributed by atoms with Crippen molar-refractivity contribution in [2.75, 3.05) is 4.90 Å². The Morgan fingerprint density at radius 1 is 0.308 bits per heavy atom. The molecular weight excluding hydrogens is 789 g/mol. The second-order valence-electron chi connectivity index (χ2n) is 16.8. The first-order valence-corrected chi connectivity index (χ1v) is 22.2. The van der Waals surface area contributed by atoms with Crippen molar-refractivity contribution in [1.82, 2.24) is 4.57 Å². The number of aromatic nitrogens is 1. The topological polar surface area (TPSA) is 21.3 Å². The molecule has 0 saturated carbocycles. The summed E-state index contributed by atoms with van der Waals surface area (Å²) in [5.74, 6) is 0. The summed E-state index contributed by atoms with van der Waals surface area (Å²) in [6, 6.07) is 87.7. The van der Waals surface area contributed by atoms with E-state index >= 15 is 0 Å². The molecule has 0 unspecified atom stereocenters. The minimum Gasteiger partial charge on any atom is -0.455 e. The summed E-state index contributed by atoms with van der Waals surface area (Å²) in [6.45, 7) is 0. The van der Waals surface area contributed by atoms with E-state index in [1.165, 1.54) is 54.5 Å². The van der Waals surface area contributed by atoms with Crippen LogP contribution in [-0.4, -0.2) is 4.57 Å². The van der Waals surface area contributed by atoms with Crippen molar-refractivity contribution in [2.24, 2.45) is 0 Å². The maximum atomic E-state index is 6.56. The van der Waals surface area contributed by atoms with E-state index < -0.39 is 0 Å². The third-order valence-electron chi connectivity index (χ3n) is 13.2. The van der Waals surface area contributed by atoms with Gasteiger partial charge in [-0.15, -0.1) is 0 Å². The first kappa shape index (κ1) is 36.9. The molecule has 0 amide bonds. The van der Waals surface area contributed by atoms with Gasteiger partial charge < -0.3 is 13.9 Å². The molecule has 3 heteroatoms. The summed E-state index contributed by atoms with van der Waals surface area (Å²) >= 11 is 0. The lowest BCUT2D eigenvalue weighted by Crippen LogP contribution is -2.10. The van der Waals surface area contributed by atoms with Crippen LogP contribution >= 0.6 is 0 Å². The smallest absolute Gasteiger partial charge is 0.143 e. The molecule has 11 aromatic carbocycles. The Morgan fingerprint density at radius 2 is 0.846 bits per heavy atom. The van der Waals surface area contributed by atoms with Crippen LogP contribution in [0.2, 0.25) is 0 Å². The number of fused-ring (bicyclic) bond motifs is 9. The number of para-hydroxylation sites is 5. The van der Waals surface area contributed by atoms with Crippen LogP contribution in [-0.2, 0) is 0 Å². The lowest BCUT2D eigenvalue weighted by Gasteiger charge is -2.27. The first-order chi connectivity index (χ1) is 32.2. The molecule has 0 atom stereocenters. The van der Waals surface area contributed by atoms with Gasteiger partial charge in [-0.25, -0.2) is 0 Å². The molecule has 0 aliphatic heterocycles. The summed E-state index contributed by atoms with van der Waals surface area (Å²) < 4.78 is 8.98. The Hall–Kier alpha value is -8.66. The van der Waals surface area contributed by atoms with Crippen LogP contribution in [0.25, 0.3) is 104 Å². The Bertz CT molecular complexity index is 3910. The van der Waals surface area contributed by atoms with E-state index in [4.69, 9.17) is 4.42 Å². The molecule has 0 saturated heterocycles. The molecule has 0 aliphatic rings. The van der Waals surface area contributed by atoms with Crippen LogP contribution in [0.5, 0.6) is 0 Å². The van der Waals surface area contributed by atoms with Crippen molar-refractivity contribution in [1.29, 1.82) is 0 Å². The van der Waals surface area contributed by atoms with Crippen molar-refractivity contribution in [3.8, 4) is 39.1 Å². The van der Waals surface area contributed by atoms with Gasteiger partial charge in [-0.2, -0.15) is 0 Å². The van der Waals surface area contributed by atoms with Crippen molar-refractivity contribution < 1.29 is 4.42 Å². The predicted molar refractivity (Wildman–Crippen MR) is 274 cm³/mol. The molecule has 65 heavy (non-hydrogen) atoms. The highest BCUT2D eigenvalue weighted by molar-refractivity contribution is 6.14. The minimum atomic E-state index is 0.894. The van der Waals surface area contributed by atoms with Gasteiger partial charge in [0.15, 0.2) is 0 Å². The largest absolute Gasteiger partial charge is 0.455 e. The van der Waals surface area contributed by atoms with E-state index in [0.29, 0.717) is 0 Å². The van der Waals surface area contributed by atoms with E-state index in [1.54, 1.807) is 0 Å². The molecule has 304 valence electrons. The fraction of sp³-hybridized carbons (Fsp3) is 0. The van der Waals surface area contributed by atoms with E-state index in [1.807, 2.05) is 12.1 Å². The van der Waals surface area contributed by atoms with Gasteiger partial charge in [-0.1, -0.05) is 176 Å². The maximum absolute atomic E-state index is 6.56. The minimum absolute atomic E-state index is 0.894. The zero-order chi connectivity index (χ0) is 42.8. The number of hydrogen-bond acceptors (Lipinski definition) is 2. The SMILES string of the molecule is c1cc(-c2ccccc2-n2c3ccccc3c3ccccc32)cc(N(c2ccc(-c3cc4ccccc4c4ccccc34)cc2)c2cccc(-c3cccc4c3oc3ccccc34)c2)c1. The predicted octanol–water partition coefficient (Wildman–Crippen LogP) is 17.5. The van der Waals surface area contributed by atoms with Gasteiger partial charge in [0.25, 0.3) is 0 Å². The van der Waals surface area contributed by atoms with E-state index in [2.05, 4.69) is 240 Å². The van der Waals surface area contributed by atoms with Crippen LogP contribution < -0.4 is 4.90 Å². The number of furan rings is 1. The second kappa shape index (κ2) is 15.0. The van der Waals surface area contributed by atoms with Gasteiger partial charge >= 0.3 is 0 Å².